The Hall–Kier alpha value is -1.49. The van der Waals surface area contributed by atoms with Gasteiger partial charge in [0.1, 0.15) is 5.54 Å². The molecule has 1 aromatic carbocycles. The molecule has 116 valence electrons. The second-order valence-corrected chi connectivity index (χ2v) is 6.53. The Morgan fingerprint density at radius 2 is 2.00 bits per heavy atom. The Labute approximate surface area is 131 Å². The number of nitrogens with one attached hydrogen (secondary N) is 1. The van der Waals surface area contributed by atoms with E-state index in [1.807, 2.05) is 7.05 Å². The lowest BCUT2D eigenvalue weighted by atomic mass is 9.92. The van der Waals surface area contributed by atoms with Crippen LogP contribution in [0.3, 0.4) is 0 Å². The molecule has 3 heterocycles. The number of rotatable bonds is 4. The van der Waals surface area contributed by atoms with Crippen molar-refractivity contribution < 1.29 is 4.74 Å². The van der Waals surface area contributed by atoms with E-state index in [1.165, 1.54) is 36.9 Å². The molecule has 0 unspecified atom stereocenters. The zero-order valence-electron chi connectivity index (χ0n) is 13.1. The van der Waals surface area contributed by atoms with Crippen LogP contribution in [0.5, 0.6) is 0 Å². The number of hydrogen-bond acceptors (Lipinski definition) is 4. The van der Waals surface area contributed by atoms with E-state index < -0.39 is 0 Å². The standard InChI is InChI=1S/C18H23N3O/c1-19-18(12-22-13-18)17-7-5-15-10-14(4-6-16(15)20-17)11-21-8-2-3-9-21/h4-7,10,19H,2-3,8-9,11-13H2,1H3. The molecular formula is C18H23N3O. The van der Waals surface area contributed by atoms with Crippen LogP contribution < -0.4 is 5.32 Å². The smallest absolute Gasteiger partial charge is 0.108 e. The summed E-state index contributed by atoms with van der Waals surface area (Å²) in [6.45, 7) is 4.94. The molecule has 0 saturated carbocycles. The van der Waals surface area contributed by atoms with Crippen LogP contribution in [0.1, 0.15) is 24.1 Å². The van der Waals surface area contributed by atoms with E-state index in [0.29, 0.717) is 13.2 Å². The molecule has 4 rings (SSSR count). The topological polar surface area (TPSA) is 37.4 Å². The number of nitrogens with zero attached hydrogens (tertiary/aromatic N) is 2. The summed E-state index contributed by atoms with van der Waals surface area (Å²) >= 11 is 0. The van der Waals surface area contributed by atoms with Crippen LogP contribution in [-0.2, 0) is 16.8 Å². The first kappa shape index (κ1) is 14.1. The van der Waals surface area contributed by atoms with Gasteiger partial charge in [-0.3, -0.25) is 9.88 Å². The minimum Gasteiger partial charge on any atom is -0.377 e. The van der Waals surface area contributed by atoms with Gasteiger partial charge in [0.15, 0.2) is 0 Å². The van der Waals surface area contributed by atoms with Crippen molar-refractivity contribution in [3.63, 3.8) is 0 Å². The number of aromatic nitrogens is 1. The molecule has 0 radical (unpaired) electrons. The number of hydrogen-bond donors (Lipinski definition) is 1. The molecule has 22 heavy (non-hydrogen) atoms. The summed E-state index contributed by atoms with van der Waals surface area (Å²) in [5.41, 5.74) is 3.45. The van der Waals surface area contributed by atoms with Gasteiger partial charge in [0, 0.05) is 11.9 Å². The summed E-state index contributed by atoms with van der Waals surface area (Å²) in [5, 5.41) is 4.59. The number of likely N-dealkylation sites (tertiary alicyclic amines) is 1. The van der Waals surface area contributed by atoms with E-state index in [4.69, 9.17) is 9.72 Å². The van der Waals surface area contributed by atoms with Gasteiger partial charge in [-0.1, -0.05) is 12.1 Å². The average molecular weight is 297 g/mol. The van der Waals surface area contributed by atoms with Crippen LogP contribution in [0.15, 0.2) is 30.3 Å². The molecule has 1 N–H and O–H groups in total. The van der Waals surface area contributed by atoms with Crippen LogP contribution in [0, 0.1) is 0 Å². The quantitative estimate of drug-likeness (QED) is 0.939. The number of pyridine rings is 1. The van der Waals surface area contributed by atoms with Crippen LogP contribution in [0.2, 0.25) is 0 Å². The number of likely N-dealkylation sites (N-methyl/N-ethyl adjacent to an activating group) is 1. The average Bonchev–Trinajstić information content (AvgIpc) is 3.00. The highest BCUT2D eigenvalue weighted by molar-refractivity contribution is 5.79. The molecule has 2 aromatic rings. The Morgan fingerprint density at radius 3 is 2.68 bits per heavy atom. The Kier molecular flexibility index (Phi) is 3.60. The largest absolute Gasteiger partial charge is 0.377 e. The molecule has 4 heteroatoms. The van der Waals surface area contributed by atoms with Crippen LogP contribution in [0.4, 0.5) is 0 Å². The minimum absolute atomic E-state index is 0.0948. The summed E-state index contributed by atoms with van der Waals surface area (Å²) in [6.07, 6.45) is 2.68. The third kappa shape index (κ3) is 2.41. The highest BCUT2D eigenvalue weighted by Crippen LogP contribution is 2.29. The predicted octanol–water partition coefficient (Wildman–Crippen LogP) is 2.28. The summed E-state index contributed by atoms with van der Waals surface area (Å²) in [4.78, 5) is 7.39. The van der Waals surface area contributed by atoms with Crippen molar-refractivity contribution in [2.24, 2.45) is 0 Å². The fourth-order valence-corrected chi connectivity index (χ4v) is 3.47. The van der Waals surface area contributed by atoms with Gasteiger partial charge in [0.25, 0.3) is 0 Å². The Morgan fingerprint density at radius 1 is 1.18 bits per heavy atom. The lowest BCUT2D eigenvalue weighted by molar-refractivity contribution is -0.0768. The van der Waals surface area contributed by atoms with Gasteiger partial charge < -0.3 is 10.1 Å². The SMILES string of the molecule is CNC1(c2ccc3cc(CN4CCCC4)ccc3n2)COC1. The monoisotopic (exact) mass is 297 g/mol. The molecular weight excluding hydrogens is 274 g/mol. The molecule has 2 saturated heterocycles. The van der Waals surface area contributed by atoms with Crippen molar-refractivity contribution in [1.29, 1.82) is 0 Å². The zero-order chi connectivity index (χ0) is 15.0. The molecule has 4 nitrogen and oxygen atoms in total. The van der Waals surface area contributed by atoms with E-state index in [9.17, 15) is 0 Å². The number of fused-ring (bicyclic) bond motifs is 1. The highest BCUT2D eigenvalue weighted by atomic mass is 16.5. The first-order valence-electron chi connectivity index (χ1n) is 8.18. The first-order valence-corrected chi connectivity index (χ1v) is 8.18. The van der Waals surface area contributed by atoms with Crippen molar-refractivity contribution >= 4 is 10.9 Å². The zero-order valence-corrected chi connectivity index (χ0v) is 13.1. The normalized spacial score (nSPS) is 21.1. The van der Waals surface area contributed by atoms with Gasteiger partial charge in [-0.15, -0.1) is 0 Å². The number of benzene rings is 1. The molecule has 0 spiro atoms. The Bertz CT molecular complexity index is 670. The lowest BCUT2D eigenvalue weighted by Crippen LogP contribution is -2.56. The van der Waals surface area contributed by atoms with Gasteiger partial charge in [-0.2, -0.15) is 0 Å². The van der Waals surface area contributed by atoms with E-state index >= 15 is 0 Å². The van der Waals surface area contributed by atoms with Crippen LogP contribution in [0.25, 0.3) is 10.9 Å². The second-order valence-electron chi connectivity index (χ2n) is 6.53. The van der Waals surface area contributed by atoms with E-state index in [1.54, 1.807) is 0 Å². The maximum atomic E-state index is 5.38. The summed E-state index contributed by atoms with van der Waals surface area (Å²) in [6, 6.07) is 11.0. The van der Waals surface area contributed by atoms with Crippen LogP contribution in [-0.4, -0.2) is 43.2 Å². The molecule has 2 aliphatic heterocycles. The molecule has 0 atom stereocenters. The lowest BCUT2D eigenvalue weighted by Gasteiger charge is -2.40. The maximum Gasteiger partial charge on any atom is 0.108 e. The molecule has 2 fully saturated rings. The third-order valence-corrected chi connectivity index (χ3v) is 5.02. The van der Waals surface area contributed by atoms with Crippen molar-refractivity contribution in [2.45, 2.75) is 24.9 Å². The maximum absolute atomic E-state index is 5.38. The number of ether oxygens (including phenoxy) is 1. The van der Waals surface area contributed by atoms with Crippen molar-refractivity contribution in [2.75, 3.05) is 33.4 Å². The van der Waals surface area contributed by atoms with Crippen molar-refractivity contribution in [3.05, 3.63) is 41.6 Å². The van der Waals surface area contributed by atoms with E-state index in [-0.39, 0.29) is 5.54 Å². The van der Waals surface area contributed by atoms with Gasteiger partial charge in [0.2, 0.25) is 0 Å². The molecule has 0 amide bonds. The van der Waals surface area contributed by atoms with Gasteiger partial charge in [-0.25, -0.2) is 0 Å². The van der Waals surface area contributed by atoms with Gasteiger partial charge in [0.05, 0.1) is 24.4 Å². The predicted molar refractivity (Wildman–Crippen MR) is 87.8 cm³/mol. The summed E-state index contributed by atoms with van der Waals surface area (Å²) < 4.78 is 5.38. The van der Waals surface area contributed by atoms with E-state index in [0.717, 1.165) is 17.8 Å². The second kappa shape index (κ2) is 5.61. The highest BCUT2D eigenvalue weighted by Gasteiger charge is 2.40. The van der Waals surface area contributed by atoms with Crippen LogP contribution >= 0.6 is 0 Å². The minimum atomic E-state index is -0.0948. The fraction of sp³-hybridized carbons (Fsp3) is 0.500. The van der Waals surface area contributed by atoms with Gasteiger partial charge >= 0.3 is 0 Å². The van der Waals surface area contributed by atoms with Gasteiger partial charge in [-0.05, 0) is 56.7 Å². The molecule has 0 bridgehead atoms. The fourth-order valence-electron chi connectivity index (χ4n) is 3.47. The van der Waals surface area contributed by atoms with E-state index in [2.05, 4.69) is 40.5 Å². The first-order chi connectivity index (χ1) is 10.8. The molecule has 2 aliphatic rings. The van der Waals surface area contributed by atoms with Crippen molar-refractivity contribution in [3.8, 4) is 0 Å². The third-order valence-electron chi connectivity index (χ3n) is 5.02. The Balaban J connectivity index is 1.61. The summed E-state index contributed by atoms with van der Waals surface area (Å²) in [5.74, 6) is 0. The molecule has 1 aromatic heterocycles. The summed E-state index contributed by atoms with van der Waals surface area (Å²) in [7, 11) is 1.98. The molecule has 0 aliphatic carbocycles. The van der Waals surface area contributed by atoms with Crippen molar-refractivity contribution in [1.82, 2.24) is 15.2 Å².